The van der Waals surface area contributed by atoms with E-state index in [1.807, 2.05) is 0 Å². The topological polar surface area (TPSA) is 67.5 Å². The molecule has 0 saturated carbocycles. The number of benzene rings is 1. The standard InChI is InChI=1S/C13H21ClN2O2/c1-8(2)11(15)6-16-12-5-13(18-3)9(7-17)4-10(12)14/h4-5,8,11,16-17H,6-7,15H2,1-3H3. The second kappa shape index (κ2) is 6.83. The van der Waals surface area contributed by atoms with Crippen LogP contribution in [0.25, 0.3) is 0 Å². The van der Waals surface area contributed by atoms with Crippen LogP contribution in [0.4, 0.5) is 5.69 Å². The van der Waals surface area contributed by atoms with E-state index in [1.165, 1.54) is 0 Å². The predicted octanol–water partition coefficient (Wildman–Crippen LogP) is 2.24. The number of ether oxygens (including phenoxy) is 1. The Kier molecular flexibility index (Phi) is 5.72. The third-order valence-corrected chi connectivity index (χ3v) is 3.24. The van der Waals surface area contributed by atoms with Crippen molar-refractivity contribution >= 4 is 17.3 Å². The first kappa shape index (κ1) is 15.1. The molecule has 18 heavy (non-hydrogen) atoms. The number of hydrogen-bond acceptors (Lipinski definition) is 4. The molecule has 1 atom stereocenters. The Morgan fingerprint density at radius 1 is 1.44 bits per heavy atom. The molecule has 1 unspecified atom stereocenters. The van der Waals surface area contributed by atoms with Crippen LogP contribution in [0.1, 0.15) is 19.4 Å². The lowest BCUT2D eigenvalue weighted by Crippen LogP contribution is -2.34. The van der Waals surface area contributed by atoms with Crippen molar-refractivity contribution in [1.29, 1.82) is 0 Å². The zero-order chi connectivity index (χ0) is 13.7. The Balaban J connectivity index is 2.83. The summed E-state index contributed by atoms with van der Waals surface area (Å²) in [6.07, 6.45) is 0. The van der Waals surface area contributed by atoms with Gasteiger partial charge in [0.2, 0.25) is 0 Å². The second-order valence-electron chi connectivity index (χ2n) is 4.59. The Morgan fingerprint density at radius 3 is 2.61 bits per heavy atom. The fraction of sp³-hybridized carbons (Fsp3) is 0.538. The maximum Gasteiger partial charge on any atom is 0.126 e. The van der Waals surface area contributed by atoms with Gasteiger partial charge in [-0.2, -0.15) is 0 Å². The minimum atomic E-state index is -0.102. The molecule has 102 valence electrons. The molecule has 0 bridgehead atoms. The molecule has 5 heteroatoms. The summed E-state index contributed by atoms with van der Waals surface area (Å²) in [7, 11) is 1.56. The number of nitrogens with one attached hydrogen (secondary N) is 1. The van der Waals surface area contributed by atoms with E-state index in [9.17, 15) is 5.11 Å². The van der Waals surface area contributed by atoms with Crippen LogP contribution in [0.2, 0.25) is 5.02 Å². The van der Waals surface area contributed by atoms with Crippen LogP contribution < -0.4 is 15.8 Å². The first-order valence-corrected chi connectivity index (χ1v) is 6.34. The van der Waals surface area contributed by atoms with E-state index in [2.05, 4.69) is 19.2 Å². The van der Waals surface area contributed by atoms with Crippen molar-refractivity contribution in [3.63, 3.8) is 0 Å². The molecule has 4 nitrogen and oxygen atoms in total. The molecule has 1 aromatic rings. The summed E-state index contributed by atoms with van der Waals surface area (Å²) in [5.74, 6) is 1.01. The van der Waals surface area contributed by atoms with Crippen LogP contribution in [-0.2, 0) is 6.61 Å². The van der Waals surface area contributed by atoms with Gasteiger partial charge in [-0.25, -0.2) is 0 Å². The molecule has 0 aliphatic carbocycles. The van der Waals surface area contributed by atoms with E-state index in [-0.39, 0.29) is 12.6 Å². The number of halogens is 1. The van der Waals surface area contributed by atoms with Crippen molar-refractivity contribution in [2.75, 3.05) is 19.0 Å². The number of aliphatic hydroxyl groups is 1. The average molecular weight is 273 g/mol. The monoisotopic (exact) mass is 272 g/mol. The largest absolute Gasteiger partial charge is 0.496 e. The van der Waals surface area contributed by atoms with Crippen LogP contribution >= 0.6 is 11.6 Å². The van der Waals surface area contributed by atoms with Crippen LogP contribution in [0.15, 0.2) is 12.1 Å². The van der Waals surface area contributed by atoms with Crippen molar-refractivity contribution in [3.05, 3.63) is 22.7 Å². The maximum absolute atomic E-state index is 9.18. The van der Waals surface area contributed by atoms with E-state index in [4.69, 9.17) is 22.1 Å². The number of methoxy groups -OCH3 is 1. The lowest BCUT2D eigenvalue weighted by Gasteiger charge is -2.18. The number of aliphatic hydroxyl groups excluding tert-OH is 1. The minimum Gasteiger partial charge on any atom is -0.496 e. The highest BCUT2D eigenvalue weighted by Crippen LogP contribution is 2.31. The Labute approximate surface area is 113 Å². The second-order valence-corrected chi connectivity index (χ2v) is 5.00. The molecule has 4 N–H and O–H groups in total. The van der Waals surface area contributed by atoms with Crippen LogP contribution in [0.3, 0.4) is 0 Å². The van der Waals surface area contributed by atoms with Crippen molar-refractivity contribution in [3.8, 4) is 5.75 Å². The number of nitrogens with two attached hydrogens (primary N) is 1. The summed E-state index contributed by atoms with van der Waals surface area (Å²) < 4.78 is 5.20. The SMILES string of the molecule is COc1cc(NCC(N)C(C)C)c(Cl)cc1CO. The van der Waals surface area contributed by atoms with Crippen LogP contribution in [0, 0.1) is 5.92 Å². The van der Waals surface area contributed by atoms with Crippen molar-refractivity contribution in [1.82, 2.24) is 0 Å². The van der Waals surface area contributed by atoms with Crippen molar-refractivity contribution in [2.24, 2.45) is 11.7 Å². The van der Waals surface area contributed by atoms with E-state index in [0.29, 0.717) is 28.8 Å². The van der Waals surface area contributed by atoms with Gasteiger partial charge in [0, 0.05) is 24.2 Å². The van der Waals surface area contributed by atoms with Gasteiger partial charge in [0.1, 0.15) is 5.75 Å². The summed E-state index contributed by atoms with van der Waals surface area (Å²) in [5, 5.41) is 12.9. The molecule has 0 amide bonds. The number of rotatable bonds is 6. The summed E-state index contributed by atoms with van der Waals surface area (Å²) in [6, 6.07) is 3.54. The zero-order valence-corrected chi connectivity index (χ0v) is 11.8. The molecule has 0 saturated heterocycles. The predicted molar refractivity (Wildman–Crippen MR) is 75.2 cm³/mol. The fourth-order valence-corrected chi connectivity index (χ4v) is 1.76. The molecule has 0 radical (unpaired) electrons. The van der Waals surface area contributed by atoms with Crippen molar-refractivity contribution < 1.29 is 9.84 Å². The fourth-order valence-electron chi connectivity index (χ4n) is 1.51. The van der Waals surface area contributed by atoms with Crippen LogP contribution in [-0.4, -0.2) is 24.8 Å². The van der Waals surface area contributed by atoms with Gasteiger partial charge in [-0.1, -0.05) is 25.4 Å². The average Bonchev–Trinajstić information content (AvgIpc) is 2.36. The van der Waals surface area contributed by atoms with E-state index in [1.54, 1.807) is 19.2 Å². The maximum atomic E-state index is 9.18. The van der Waals surface area contributed by atoms with Gasteiger partial charge in [0.05, 0.1) is 24.4 Å². The quantitative estimate of drug-likeness (QED) is 0.743. The summed E-state index contributed by atoms with van der Waals surface area (Å²) in [4.78, 5) is 0. The summed E-state index contributed by atoms with van der Waals surface area (Å²) in [6.45, 7) is 4.68. The Bertz CT molecular complexity index is 397. The third-order valence-electron chi connectivity index (χ3n) is 2.92. The Hall–Kier alpha value is -0.970. The van der Waals surface area contributed by atoms with Crippen molar-refractivity contribution in [2.45, 2.75) is 26.5 Å². The van der Waals surface area contributed by atoms with Gasteiger partial charge >= 0.3 is 0 Å². The van der Waals surface area contributed by atoms with Gasteiger partial charge in [-0.05, 0) is 12.0 Å². The number of anilines is 1. The molecule has 0 spiro atoms. The number of hydrogen-bond donors (Lipinski definition) is 3. The van der Waals surface area contributed by atoms with Gasteiger partial charge in [0.25, 0.3) is 0 Å². The molecule has 0 heterocycles. The summed E-state index contributed by atoms with van der Waals surface area (Å²) in [5.41, 5.74) is 7.40. The van der Waals surface area contributed by atoms with Gasteiger partial charge < -0.3 is 20.9 Å². The Morgan fingerprint density at radius 2 is 2.11 bits per heavy atom. The van der Waals surface area contributed by atoms with E-state index in [0.717, 1.165) is 5.69 Å². The lowest BCUT2D eigenvalue weighted by molar-refractivity contribution is 0.274. The lowest BCUT2D eigenvalue weighted by atomic mass is 10.1. The normalized spacial score (nSPS) is 12.6. The molecule has 1 rings (SSSR count). The molecular weight excluding hydrogens is 252 g/mol. The molecule has 0 aliphatic rings. The zero-order valence-electron chi connectivity index (χ0n) is 11.0. The molecule has 0 aromatic heterocycles. The molecule has 1 aromatic carbocycles. The smallest absolute Gasteiger partial charge is 0.126 e. The van der Waals surface area contributed by atoms with Gasteiger partial charge in [-0.15, -0.1) is 0 Å². The van der Waals surface area contributed by atoms with E-state index < -0.39 is 0 Å². The highest BCUT2D eigenvalue weighted by Gasteiger charge is 2.11. The highest BCUT2D eigenvalue weighted by molar-refractivity contribution is 6.33. The van der Waals surface area contributed by atoms with E-state index >= 15 is 0 Å². The van der Waals surface area contributed by atoms with Gasteiger partial charge in [0.15, 0.2) is 0 Å². The first-order chi connectivity index (χ1) is 8.49. The van der Waals surface area contributed by atoms with Crippen LogP contribution in [0.5, 0.6) is 5.75 Å². The first-order valence-electron chi connectivity index (χ1n) is 5.96. The molecule has 0 aliphatic heterocycles. The summed E-state index contributed by atoms with van der Waals surface area (Å²) >= 11 is 6.13. The minimum absolute atomic E-state index is 0.0598. The molecule has 0 fully saturated rings. The highest BCUT2D eigenvalue weighted by atomic mass is 35.5. The molecular formula is C13H21ClN2O2. The van der Waals surface area contributed by atoms with Gasteiger partial charge in [-0.3, -0.25) is 0 Å². The third kappa shape index (κ3) is 3.77.